The van der Waals surface area contributed by atoms with Crippen LogP contribution in [0, 0.1) is 15.9 Å². The van der Waals surface area contributed by atoms with Gasteiger partial charge in [0.1, 0.15) is 17.1 Å². The molecule has 1 fully saturated rings. The molecule has 1 aliphatic heterocycles. The van der Waals surface area contributed by atoms with Crippen LogP contribution in [-0.4, -0.2) is 33.3 Å². The van der Waals surface area contributed by atoms with E-state index >= 15 is 0 Å². The number of thiocarbonyl (C=S) groups is 1. The second-order valence-corrected chi connectivity index (χ2v) is 6.45. The molecule has 1 aliphatic rings. The van der Waals surface area contributed by atoms with Gasteiger partial charge in [0.25, 0.3) is 11.8 Å². The Balaban J connectivity index is 1.95. The van der Waals surface area contributed by atoms with E-state index in [1.165, 1.54) is 36.4 Å². The predicted molar refractivity (Wildman–Crippen MR) is 110 cm³/mol. The Bertz CT molecular complexity index is 1100. The fourth-order valence-corrected chi connectivity index (χ4v) is 2.89. The Kier molecular flexibility index (Phi) is 5.98. The lowest BCUT2D eigenvalue weighted by Gasteiger charge is -2.27. The van der Waals surface area contributed by atoms with Gasteiger partial charge in [-0.25, -0.2) is 4.39 Å². The molecule has 2 aromatic carbocycles. The third-order valence-electron chi connectivity index (χ3n) is 4.03. The third kappa shape index (κ3) is 4.39. The molecule has 0 radical (unpaired) electrons. The number of nitro groups is 1. The fourth-order valence-electron chi connectivity index (χ4n) is 2.64. The van der Waals surface area contributed by atoms with Gasteiger partial charge in [0.15, 0.2) is 5.11 Å². The van der Waals surface area contributed by atoms with Crippen LogP contribution in [0.2, 0.25) is 0 Å². The number of carbonyl (C=O) groups excluding carboxylic acids is 2. The fraction of sp³-hybridized carbons (Fsp3) is 0.0500. The average Bonchev–Trinajstić information content (AvgIpc) is 2.71. The first-order valence-corrected chi connectivity index (χ1v) is 8.92. The van der Waals surface area contributed by atoms with Crippen LogP contribution in [-0.2, 0) is 9.59 Å². The number of hydrogen-bond donors (Lipinski definition) is 1. The monoisotopic (exact) mass is 427 g/mol. The number of nitrogens with zero attached hydrogens (tertiary/aromatic N) is 2. The number of nitro benzene ring substituents is 1. The topological polar surface area (TPSA) is 102 Å². The molecule has 0 aromatic heterocycles. The summed E-state index contributed by atoms with van der Waals surface area (Å²) in [5.74, 6) is -1.69. The van der Waals surface area contributed by atoms with Gasteiger partial charge in [-0.3, -0.25) is 29.9 Å². The summed E-state index contributed by atoms with van der Waals surface area (Å²) < 4.78 is 18.5. The zero-order chi connectivity index (χ0) is 21.8. The van der Waals surface area contributed by atoms with E-state index in [1.807, 2.05) is 0 Å². The number of hydrogen-bond acceptors (Lipinski definition) is 6. The molecule has 0 saturated carbocycles. The largest absolute Gasteiger partial charge is 0.450 e. The summed E-state index contributed by atoms with van der Waals surface area (Å²) in [5, 5.41) is 13.8. The van der Waals surface area contributed by atoms with Gasteiger partial charge in [0.2, 0.25) is 5.75 Å². The molecule has 2 aromatic rings. The molecule has 0 spiro atoms. The molecule has 152 valence electrons. The van der Waals surface area contributed by atoms with E-state index in [9.17, 15) is 24.1 Å². The minimum atomic E-state index is -0.709. The molecule has 0 bridgehead atoms. The van der Waals surface area contributed by atoms with Crippen LogP contribution in [0.3, 0.4) is 0 Å². The molecule has 3 rings (SSSR count). The van der Waals surface area contributed by atoms with Crippen molar-refractivity contribution in [3.8, 4) is 11.5 Å². The summed E-state index contributed by atoms with van der Waals surface area (Å²) in [6, 6.07) is 8.92. The van der Waals surface area contributed by atoms with Gasteiger partial charge < -0.3 is 4.74 Å². The van der Waals surface area contributed by atoms with Crippen LogP contribution in [0.15, 0.2) is 60.7 Å². The van der Waals surface area contributed by atoms with E-state index < -0.39 is 28.2 Å². The van der Waals surface area contributed by atoms with Gasteiger partial charge in [-0.2, -0.15) is 0 Å². The maximum atomic E-state index is 13.0. The summed E-state index contributed by atoms with van der Waals surface area (Å²) in [6.07, 6.45) is 2.68. The molecule has 1 saturated heterocycles. The average molecular weight is 427 g/mol. The molecule has 8 nitrogen and oxygen atoms in total. The summed E-state index contributed by atoms with van der Waals surface area (Å²) in [6.45, 7) is 3.63. The molecule has 10 heteroatoms. The summed E-state index contributed by atoms with van der Waals surface area (Å²) in [5.41, 5.74) is -0.388. The highest BCUT2D eigenvalue weighted by Crippen LogP contribution is 2.33. The standard InChI is InChI=1S/C20H14FN3O5S/c1-2-9-23-19(26)15(18(25)22-20(23)30)10-12-3-8-17(16(11-12)24(27)28)29-14-6-4-13(21)5-7-14/h2-8,10-11H,1,9H2,(H,22,25,30). The van der Waals surface area contributed by atoms with E-state index in [1.54, 1.807) is 0 Å². The van der Waals surface area contributed by atoms with E-state index in [-0.39, 0.29) is 34.3 Å². The van der Waals surface area contributed by atoms with Crippen molar-refractivity contribution < 1.29 is 23.6 Å². The lowest BCUT2D eigenvalue weighted by molar-refractivity contribution is -0.385. The Hall–Kier alpha value is -3.92. The lowest BCUT2D eigenvalue weighted by Crippen LogP contribution is -2.53. The lowest BCUT2D eigenvalue weighted by atomic mass is 10.1. The summed E-state index contributed by atoms with van der Waals surface area (Å²) >= 11 is 4.98. The number of carbonyl (C=O) groups is 2. The highest BCUT2D eigenvalue weighted by atomic mass is 32.1. The van der Waals surface area contributed by atoms with Crippen molar-refractivity contribution >= 4 is 40.9 Å². The van der Waals surface area contributed by atoms with E-state index in [0.717, 1.165) is 23.1 Å². The molecule has 0 unspecified atom stereocenters. The van der Waals surface area contributed by atoms with Crippen molar-refractivity contribution in [1.29, 1.82) is 0 Å². The maximum absolute atomic E-state index is 13.0. The highest BCUT2D eigenvalue weighted by Gasteiger charge is 2.32. The third-order valence-corrected chi connectivity index (χ3v) is 4.35. The SMILES string of the molecule is C=CCN1C(=O)C(=Cc2ccc(Oc3ccc(F)cc3)c([N+](=O)[O-])c2)C(=O)NC1=S. The number of benzene rings is 2. The van der Waals surface area contributed by atoms with Gasteiger partial charge in [-0.05, 0) is 54.2 Å². The number of rotatable bonds is 6. The van der Waals surface area contributed by atoms with Gasteiger partial charge in [-0.1, -0.05) is 12.1 Å². The second kappa shape index (κ2) is 8.62. The van der Waals surface area contributed by atoms with Gasteiger partial charge in [-0.15, -0.1) is 6.58 Å². The van der Waals surface area contributed by atoms with Crippen LogP contribution >= 0.6 is 12.2 Å². The molecular weight excluding hydrogens is 413 g/mol. The van der Waals surface area contributed by atoms with Crippen molar-refractivity contribution in [2.75, 3.05) is 6.54 Å². The van der Waals surface area contributed by atoms with E-state index in [4.69, 9.17) is 17.0 Å². The zero-order valence-electron chi connectivity index (χ0n) is 15.3. The quantitative estimate of drug-likeness (QED) is 0.189. The number of halogens is 1. The maximum Gasteiger partial charge on any atom is 0.312 e. The van der Waals surface area contributed by atoms with Crippen LogP contribution < -0.4 is 10.1 Å². The molecule has 1 heterocycles. The van der Waals surface area contributed by atoms with Crippen LogP contribution in [0.5, 0.6) is 11.5 Å². The highest BCUT2D eigenvalue weighted by molar-refractivity contribution is 7.80. The Morgan fingerprint density at radius 1 is 1.23 bits per heavy atom. The second-order valence-electron chi connectivity index (χ2n) is 6.06. The van der Waals surface area contributed by atoms with Crippen molar-refractivity contribution in [2.45, 2.75) is 0 Å². The van der Waals surface area contributed by atoms with Gasteiger partial charge >= 0.3 is 5.69 Å². The minimum absolute atomic E-state index is 0.0453. The molecule has 2 amide bonds. The van der Waals surface area contributed by atoms with Crippen LogP contribution in [0.25, 0.3) is 6.08 Å². The van der Waals surface area contributed by atoms with Crippen LogP contribution in [0.4, 0.5) is 10.1 Å². The Labute approximate surface area is 175 Å². The van der Waals surface area contributed by atoms with Crippen molar-refractivity contribution in [2.24, 2.45) is 0 Å². The zero-order valence-corrected chi connectivity index (χ0v) is 16.1. The molecular formula is C20H14FN3O5S. The number of amides is 2. The molecule has 1 N–H and O–H groups in total. The molecule has 0 atom stereocenters. The van der Waals surface area contributed by atoms with Crippen molar-refractivity contribution in [3.63, 3.8) is 0 Å². The normalized spacial score (nSPS) is 15.2. The molecule has 0 aliphatic carbocycles. The summed E-state index contributed by atoms with van der Waals surface area (Å²) in [7, 11) is 0. The first-order valence-electron chi connectivity index (χ1n) is 8.52. The minimum Gasteiger partial charge on any atom is -0.450 e. The van der Waals surface area contributed by atoms with Crippen LogP contribution in [0.1, 0.15) is 5.56 Å². The van der Waals surface area contributed by atoms with Gasteiger partial charge in [0, 0.05) is 12.6 Å². The van der Waals surface area contributed by atoms with E-state index in [0.29, 0.717) is 0 Å². The molecule has 30 heavy (non-hydrogen) atoms. The van der Waals surface area contributed by atoms with Gasteiger partial charge in [0.05, 0.1) is 4.92 Å². The van der Waals surface area contributed by atoms with E-state index in [2.05, 4.69) is 11.9 Å². The first kappa shape index (κ1) is 20.8. The number of nitrogens with one attached hydrogen (secondary N) is 1. The van der Waals surface area contributed by atoms with Crippen molar-refractivity contribution in [1.82, 2.24) is 10.2 Å². The summed E-state index contributed by atoms with van der Waals surface area (Å²) in [4.78, 5) is 36.7. The number of ether oxygens (including phenoxy) is 1. The first-order chi connectivity index (χ1) is 14.3. The Morgan fingerprint density at radius 2 is 1.93 bits per heavy atom. The van der Waals surface area contributed by atoms with Crippen molar-refractivity contribution in [3.05, 3.63) is 82.2 Å². The Morgan fingerprint density at radius 3 is 2.57 bits per heavy atom. The smallest absolute Gasteiger partial charge is 0.312 e. The predicted octanol–water partition coefficient (Wildman–Crippen LogP) is 3.34.